The van der Waals surface area contributed by atoms with Crippen LogP contribution in [0.1, 0.15) is 12.0 Å². The predicted molar refractivity (Wildman–Crippen MR) is 94.5 cm³/mol. The number of halogens is 2. The summed E-state index contributed by atoms with van der Waals surface area (Å²) in [5.74, 6) is -0.115. The lowest BCUT2D eigenvalue weighted by Crippen LogP contribution is -2.27. The summed E-state index contributed by atoms with van der Waals surface area (Å²) in [6.07, 6.45) is -0.307. The van der Waals surface area contributed by atoms with Crippen molar-refractivity contribution >= 4 is 40.7 Å². The molecule has 0 aliphatic rings. The molecule has 2 aromatic rings. The summed E-state index contributed by atoms with van der Waals surface area (Å²) in [4.78, 5) is 23.7. The van der Waals surface area contributed by atoms with E-state index in [1.54, 1.807) is 31.4 Å². The highest BCUT2D eigenvalue weighted by molar-refractivity contribution is 6.35. The monoisotopic (exact) mass is 366 g/mol. The van der Waals surface area contributed by atoms with Gasteiger partial charge in [0.05, 0.1) is 17.8 Å². The lowest BCUT2D eigenvalue weighted by molar-refractivity contribution is -0.126. The highest BCUT2D eigenvalue weighted by atomic mass is 35.5. The first-order valence-electron chi connectivity index (χ1n) is 7.12. The van der Waals surface area contributed by atoms with Crippen LogP contribution in [-0.4, -0.2) is 18.9 Å². The number of rotatable bonds is 6. The third-order valence-corrected chi connectivity index (χ3v) is 3.74. The maximum Gasteiger partial charge on any atom is 0.233 e. The fraction of sp³-hybridized carbons (Fsp3) is 0.176. The van der Waals surface area contributed by atoms with Gasteiger partial charge in [0, 0.05) is 11.6 Å². The normalized spacial score (nSPS) is 10.1. The molecule has 0 spiro atoms. The Morgan fingerprint density at radius 3 is 2.42 bits per heavy atom. The van der Waals surface area contributed by atoms with Crippen molar-refractivity contribution in [3.05, 3.63) is 58.1 Å². The van der Waals surface area contributed by atoms with E-state index in [9.17, 15) is 9.59 Å². The number of carbonyl (C=O) groups excluding carboxylic acids is 2. The molecule has 0 heterocycles. The second-order valence-corrected chi connectivity index (χ2v) is 5.82. The Bertz CT molecular complexity index is 733. The Hall–Kier alpha value is -2.24. The van der Waals surface area contributed by atoms with Gasteiger partial charge in [-0.15, -0.1) is 0 Å². The van der Waals surface area contributed by atoms with Gasteiger partial charge in [-0.1, -0.05) is 35.3 Å². The molecule has 0 aromatic heterocycles. The Kier molecular flexibility index (Phi) is 6.46. The standard InChI is InChI=1S/C17H16Cl2N2O3/c1-24-13-5-2-11(3-6-13)10-20-16(22)9-17(23)21-15-8-12(18)4-7-14(15)19/h2-8H,9-10H2,1H3,(H,20,22)(H,21,23). The molecule has 0 radical (unpaired) electrons. The summed E-state index contributed by atoms with van der Waals surface area (Å²) < 4.78 is 5.06. The molecule has 2 amide bonds. The third-order valence-electron chi connectivity index (χ3n) is 3.17. The van der Waals surface area contributed by atoms with Gasteiger partial charge in [0.25, 0.3) is 0 Å². The van der Waals surface area contributed by atoms with Crippen molar-refractivity contribution in [3.63, 3.8) is 0 Å². The summed E-state index contributed by atoms with van der Waals surface area (Å²) >= 11 is 11.8. The zero-order valence-electron chi connectivity index (χ0n) is 12.9. The number of hydrogen-bond donors (Lipinski definition) is 2. The Morgan fingerprint density at radius 2 is 1.75 bits per heavy atom. The van der Waals surface area contributed by atoms with Gasteiger partial charge in [-0.25, -0.2) is 0 Å². The largest absolute Gasteiger partial charge is 0.497 e. The van der Waals surface area contributed by atoms with E-state index in [0.29, 0.717) is 22.3 Å². The van der Waals surface area contributed by atoms with Gasteiger partial charge >= 0.3 is 0 Å². The molecule has 0 aliphatic heterocycles. The van der Waals surface area contributed by atoms with Crippen LogP contribution < -0.4 is 15.4 Å². The molecule has 5 nitrogen and oxygen atoms in total. The maximum absolute atomic E-state index is 11.9. The molecular formula is C17H16Cl2N2O3. The molecule has 0 saturated carbocycles. The van der Waals surface area contributed by atoms with E-state index in [1.165, 1.54) is 6.07 Å². The molecule has 2 rings (SSSR count). The van der Waals surface area contributed by atoms with Gasteiger partial charge in [-0.3, -0.25) is 9.59 Å². The van der Waals surface area contributed by atoms with E-state index < -0.39 is 5.91 Å². The minimum atomic E-state index is -0.466. The second-order valence-electron chi connectivity index (χ2n) is 4.97. The summed E-state index contributed by atoms with van der Waals surface area (Å²) in [5.41, 5.74) is 1.28. The van der Waals surface area contributed by atoms with Crippen molar-refractivity contribution in [2.75, 3.05) is 12.4 Å². The van der Waals surface area contributed by atoms with Crippen LogP contribution in [0.3, 0.4) is 0 Å². The average molecular weight is 367 g/mol. The van der Waals surface area contributed by atoms with Crippen molar-refractivity contribution < 1.29 is 14.3 Å². The van der Waals surface area contributed by atoms with Crippen LogP contribution in [0.25, 0.3) is 0 Å². The molecule has 0 fully saturated rings. The Labute approximate surface area is 149 Å². The number of anilines is 1. The van der Waals surface area contributed by atoms with Crippen LogP contribution in [0.2, 0.25) is 10.0 Å². The van der Waals surface area contributed by atoms with Gasteiger partial charge in [0.15, 0.2) is 0 Å². The molecular weight excluding hydrogens is 351 g/mol. The molecule has 0 bridgehead atoms. The predicted octanol–water partition coefficient (Wildman–Crippen LogP) is 3.65. The zero-order valence-corrected chi connectivity index (χ0v) is 14.4. The molecule has 0 atom stereocenters. The number of methoxy groups -OCH3 is 1. The van der Waals surface area contributed by atoms with E-state index in [0.717, 1.165) is 11.3 Å². The molecule has 0 unspecified atom stereocenters. The van der Waals surface area contributed by atoms with Crippen LogP contribution in [-0.2, 0) is 16.1 Å². The van der Waals surface area contributed by atoms with Gasteiger partial charge in [-0.2, -0.15) is 0 Å². The van der Waals surface area contributed by atoms with E-state index in [4.69, 9.17) is 27.9 Å². The minimum Gasteiger partial charge on any atom is -0.497 e. The molecule has 24 heavy (non-hydrogen) atoms. The minimum absolute atomic E-state index is 0.307. The smallest absolute Gasteiger partial charge is 0.233 e. The number of carbonyl (C=O) groups is 2. The zero-order chi connectivity index (χ0) is 17.5. The van der Waals surface area contributed by atoms with Crippen LogP contribution in [0.4, 0.5) is 5.69 Å². The molecule has 0 saturated heterocycles. The van der Waals surface area contributed by atoms with Crippen molar-refractivity contribution in [1.29, 1.82) is 0 Å². The summed E-state index contributed by atoms with van der Waals surface area (Å²) in [6, 6.07) is 12.0. The molecule has 2 N–H and O–H groups in total. The van der Waals surface area contributed by atoms with Crippen LogP contribution in [0, 0.1) is 0 Å². The SMILES string of the molecule is COc1ccc(CNC(=O)CC(=O)Nc2cc(Cl)ccc2Cl)cc1. The number of hydrogen-bond acceptors (Lipinski definition) is 3. The third kappa shape index (κ3) is 5.44. The summed E-state index contributed by atoms with van der Waals surface area (Å²) in [6.45, 7) is 0.327. The Morgan fingerprint density at radius 1 is 1.04 bits per heavy atom. The first-order valence-corrected chi connectivity index (χ1v) is 7.88. The lowest BCUT2D eigenvalue weighted by atomic mass is 10.2. The fourth-order valence-electron chi connectivity index (χ4n) is 1.94. The molecule has 0 aliphatic carbocycles. The topological polar surface area (TPSA) is 67.4 Å². The highest BCUT2D eigenvalue weighted by Gasteiger charge is 2.11. The number of nitrogens with one attached hydrogen (secondary N) is 2. The van der Waals surface area contributed by atoms with E-state index in [2.05, 4.69) is 10.6 Å². The van der Waals surface area contributed by atoms with Gasteiger partial charge in [0.1, 0.15) is 12.2 Å². The molecule has 7 heteroatoms. The summed E-state index contributed by atoms with van der Waals surface area (Å²) in [7, 11) is 1.58. The molecule has 126 valence electrons. The molecule has 2 aromatic carbocycles. The van der Waals surface area contributed by atoms with E-state index in [-0.39, 0.29) is 12.3 Å². The van der Waals surface area contributed by atoms with Crippen molar-refractivity contribution in [2.24, 2.45) is 0 Å². The van der Waals surface area contributed by atoms with Gasteiger partial charge < -0.3 is 15.4 Å². The highest BCUT2D eigenvalue weighted by Crippen LogP contribution is 2.25. The first-order chi connectivity index (χ1) is 11.5. The van der Waals surface area contributed by atoms with E-state index in [1.807, 2.05) is 12.1 Å². The Balaban J connectivity index is 1.82. The van der Waals surface area contributed by atoms with Crippen molar-refractivity contribution in [2.45, 2.75) is 13.0 Å². The first kappa shape index (κ1) is 18.1. The summed E-state index contributed by atoms with van der Waals surface area (Å²) in [5, 5.41) is 6.04. The fourth-order valence-corrected chi connectivity index (χ4v) is 2.28. The van der Waals surface area contributed by atoms with E-state index >= 15 is 0 Å². The average Bonchev–Trinajstić information content (AvgIpc) is 2.56. The van der Waals surface area contributed by atoms with Crippen LogP contribution in [0.15, 0.2) is 42.5 Å². The quantitative estimate of drug-likeness (QED) is 0.766. The number of amides is 2. The van der Waals surface area contributed by atoms with Crippen LogP contribution in [0.5, 0.6) is 5.75 Å². The number of benzene rings is 2. The van der Waals surface area contributed by atoms with Crippen molar-refractivity contribution in [1.82, 2.24) is 5.32 Å². The van der Waals surface area contributed by atoms with Gasteiger partial charge in [0.2, 0.25) is 11.8 Å². The lowest BCUT2D eigenvalue weighted by Gasteiger charge is -2.09. The van der Waals surface area contributed by atoms with Gasteiger partial charge in [-0.05, 0) is 35.9 Å². The van der Waals surface area contributed by atoms with Crippen molar-refractivity contribution in [3.8, 4) is 5.75 Å². The van der Waals surface area contributed by atoms with Crippen LogP contribution >= 0.6 is 23.2 Å². The maximum atomic E-state index is 11.9. The second kappa shape index (κ2) is 8.57. The number of ether oxygens (including phenoxy) is 1.